The smallest absolute Gasteiger partial charge is 0.308 e. The standard InChI is InChI=1S/C11H20N2O2/c1-12(2)10-7-13(8-3-4-8)6-5-9(10)11(14)15/h8-10H,3-7H2,1-2H3,(H,14,15). The summed E-state index contributed by atoms with van der Waals surface area (Å²) in [5.41, 5.74) is 0. The first kappa shape index (κ1) is 10.9. The van der Waals surface area contributed by atoms with Crippen molar-refractivity contribution in [2.75, 3.05) is 27.2 Å². The number of nitrogens with zero attached hydrogens (tertiary/aromatic N) is 2. The summed E-state index contributed by atoms with van der Waals surface area (Å²) in [6, 6.07) is 0.930. The lowest BCUT2D eigenvalue weighted by Crippen LogP contribution is -2.53. The molecule has 2 rings (SSSR count). The second-order valence-corrected chi connectivity index (χ2v) is 4.99. The number of carbonyl (C=O) groups is 1. The molecular formula is C11H20N2O2. The summed E-state index contributed by atoms with van der Waals surface area (Å²) < 4.78 is 0. The molecule has 2 unspecified atom stereocenters. The zero-order valence-corrected chi connectivity index (χ0v) is 9.52. The number of carboxylic acid groups (broad SMARTS) is 1. The van der Waals surface area contributed by atoms with Crippen LogP contribution in [0.1, 0.15) is 19.3 Å². The lowest BCUT2D eigenvalue weighted by Gasteiger charge is -2.40. The number of hydrogen-bond acceptors (Lipinski definition) is 3. The minimum absolute atomic E-state index is 0.178. The molecule has 0 aromatic heterocycles. The van der Waals surface area contributed by atoms with Gasteiger partial charge in [-0.15, -0.1) is 0 Å². The van der Waals surface area contributed by atoms with Crippen molar-refractivity contribution < 1.29 is 9.90 Å². The zero-order valence-electron chi connectivity index (χ0n) is 9.52. The highest BCUT2D eigenvalue weighted by molar-refractivity contribution is 5.71. The third-order valence-electron chi connectivity index (χ3n) is 3.66. The van der Waals surface area contributed by atoms with Gasteiger partial charge < -0.3 is 10.0 Å². The predicted octanol–water partition coefficient (Wildman–Crippen LogP) is 0.485. The van der Waals surface area contributed by atoms with Crippen molar-refractivity contribution in [3.63, 3.8) is 0 Å². The second-order valence-electron chi connectivity index (χ2n) is 4.99. The molecule has 2 fully saturated rings. The van der Waals surface area contributed by atoms with E-state index in [1.54, 1.807) is 0 Å². The van der Waals surface area contributed by atoms with Gasteiger partial charge in [0.1, 0.15) is 0 Å². The summed E-state index contributed by atoms with van der Waals surface area (Å²) in [6.07, 6.45) is 3.41. The lowest BCUT2D eigenvalue weighted by molar-refractivity contribution is -0.146. The van der Waals surface area contributed by atoms with Gasteiger partial charge in [0.15, 0.2) is 0 Å². The molecule has 0 radical (unpaired) electrons. The van der Waals surface area contributed by atoms with Gasteiger partial charge in [0.05, 0.1) is 5.92 Å². The number of likely N-dealkylation sites (N-methyl/N-ethyl adjacent to an activating group) is 1. The quantitative estimate of drug-likeness (QED) is 0.739. The molecule has 1 saturated carbocycles. The van der Waals surface area contributed by atoms with Gasteiger partial charge in [-0.1, -0.05) is 0 Å². The van der Waals surface area contributed by atoms with Gasteiger partial charge in [-0.2, -0.15) is 0 Å². The average molecular weight is 212 g/mol. The average Bonchev–Trinajstić information content (AvgIpc) is 2.99. The third kappa shape index (κ3) is 2.32. The van der Waals surface area contributed by atoms with Gasteiger partial charge in [0.25, 0.3) is 0 Å². The first-order chi connectivity index (χ1) is 7.09. The number of likely N-dealkylation sites (tertiary alicyclic amines) is 1. The van der Waals surface area contributed by atoms with Gasteiger partial charge in [0, 0.05) is 18.6 Å². The Balaban J connectivity index is 2.01. The van der Waals surface area contributed by atoms with Crippen LogP contribution in [0, 0.1) is 5.92 Å². The topological polar surface area (TPSA) is 43.8 Å². The first-order valence-electron chi connectivity index (χ1n) is 5.73. The lowest BCUT2D eigenvalue weighted by atomic mass is 9.91. The van der Waals surface area contributed by atoms with E-state index in [2.05, 4.69) is 9.80 Å². The molecule has 15 heavy (non-hydrogen) atoms. The summed E-state index contributed by atoms with van der Waals surface area (Å²) in [7, 11) is 3.97. The number of carboxylic acids is 1. The number of piperidine rings is 1. The highest BCUT2D eigenvalue weighted by Gasteiger charge is 2.40. The van der Waals surface area contributed by atoms with E-state index in [0.29, 0.717) is 0 Å². The Morgan fingerprint density at radius 1 is 1.33 bits per heavy atom. The van der Waals surface area contributed by atoms with Crippen LogP contribution in [0.5, 0.6) is 0 Å². The van der Waals surface area contributed by atoms with E-state index in [0.717, 1.165) is 25.6 Å². The Morgan fingerprint density at radius 2 is 2.00 bits per heavy atom. The maximum atomic E-state index is 11.1. The van der Waals surface area contributed by atoms with Crippen LogP contribution in [0.3, 0.4) is 0 Å². The molecule has 4 nitrogen and oxygen atoms in total. The molecule has 0 spiro atoms. The largest absolute Gasteiger partial charge is 0.481 e. The van der Waals surface area contributed by atoms with Crippen LogP contribution in [0.2, 0.25) is 0 Å². The van der Waals surface area contributed by atoms with Crippen LogP contribution < -0.4 is 0 Å². The van der Waals surface area contributed by atoms with Gasteiger partial charge in [-0.25, -0.2) is 0 Å². The Labute approximate surface area is 90.9 Å². The molecule has 2 aliphatic rings. The molecule has 1 aliphatic heterocycles. The minimum Gasteiger partial charge on any atom is -0.481 e. The fourth-order valence-corrected chi connectivity index (χ4v) is 2.54. The summed E-state index contributed by atoms with van der Waals surface area (Å²) in [5.74, 6) is -0.820. The normalized spacial score (nSPS) is 33.3. The molecule has 86 valence electrons. The summed E-state index contributed by atoms with van der Waals surface area (Å²) in [5, 5.41) is 9.15. The Hall–Kier alpha value is -0.610. The molecule has 0 aromatic carbocycles. The van der Waals surface area contributed by atoms with Gasteiger partial charge in [-0.05, 0) is 39.9 Å². The van der Waals surface area contributed by atoms with Crippen LogP contribution in [0.25, 0.3) is 0 Å². The Morgan fingerprint density at radius 3 is 2.47 bits per heavy atom. The van der Waals surface area contributed by atoms with Crippen molar-refractivity contribution in [1.29, 1.82) is 0 Å². The van der Waals surface area contributed by atoms with Crippen LogP contribution in [0.4, 0.5) is 0 Å². The molecule has 0 bridgehead atoms. The summed E-state index contributed by atoms with van der Waals surface area (Å²) >= 11 is 0. The second kappa shape index (κ2) is 4.10. The van der Waals surface area contributed by atoms with Crippen LogP contribution in [-0.4, -0.2) is 60.1 Å². The van der Waals surface area contributed by atoms with Crippen LogP contribution in [-0.2, 0) is 4.79 Å². The molecule has 1 aliphatic carbocycles. The summed E-state index contributed by atoms with van der Waals surface area (Å²) in [6.45, 7) is 1.89. The highest BCUT2D eigenvalue weighted by atomic mass is 16.4. The van der Waals surface area contributed by atoms with E-state index in [1.807, 2.05) is 14.1 Å². The number of rotatable bonds is 3. The predicted molar refractivity (Wildman–Crippen MR) is 57.8 cm³/mol. The van der Waals surface area contributed by atoms with Gasteiger partial charge in [0.2, 0.25) is 0 Å². The van der Waals surface area contributed by atoms with E-state index >= 15 is 0 Å². The summed E-state index contributed by atoms with van der Waals surface area (Å²) in [4.78, 5) is 15.6. The fraction of sp³-hybridized carbons (Fsp3) is 0.909. The number of aliphatic carboxylic acids is 1. The zero-order chi connectivity index (χ0) is 11.0. The SMILES string of the molecule is CN(C)C1CN(C2CC2)CCC1C(=O)O. The van der Waals surface area contributed by atoms with Crippen LogP contribution >= 0.6 is 0 Å². The molecule has 1 saturated heterocycles. The van der Waals surface area contributed by atoms with Crippen molar-refractivity contribution in [3.05, 3.63) is 0 Å². The monoisotopic (exact) mass is 212 g/mol. The van der Waals surface area contributed by atoms with E-state index in [4.69, 9.17) is 5.11 Å². The molecule has 4 heteroatoms. The minimum atomic E-state index is -0.635. The van der Waals surface area contributed by atoms with E-state index in [1.165, 1.54) is 12.8 Å². The van der Waals surface area contributed by atoms with E-state index < -0.39 is 5.97 Å². The van der Waals surface area contributed by atoms with Crippen molar-refractivity contribution in [2.24, 2.45) is 5.92 Å². The van der Waals surface area contributed by atoms with E-state index in [9.17, 15) is 4.79 Å². The number of hydrogen-bond donors (Lipinski definition) is 1. The first-order valence-corrected chi connectivity index (χ1v) is 5.73. The molecule has 0 amide bonds. The maximum Gasteiger partial charge on any atom is 0.308 e. The molecule has 1 N–H and O–H groups in total. The Kier molecular flexibility index (Phi) is 2.98. The molecule has 1 heterocycles. The third-order valence-corrected chi connectivity index (χ3v) is 3.66. The van der Waals surface area contributed by atoms with Crippen LogP contribution in [0.15, 0.2) is 0 Å². The maximum absolute atomic E-state index is 11.1. The Bertz CT molecular complexity index is 251. The fourth-order valence-electron chi connectivity index (χ4n) is 2.54. The molecule has 2 atom stereocenters. The highest BCUT2D eigenvalue weighted by Crippen LogP contribution is 2.32. The molecular weight excluding hydrogens is 192 g/mol. The van der Waals surface area contributed by atoms with Gasteiger partial charge in [-0.3, -0.25) is 9.69 Å². The van der Waals surface area contributed by atoms with E-state index in [-0.39, 0.29) is 12.0 Å². The van der Waals surface area contributed by atoms with Gasteiger partial charge >= 0.3 is 5.97 Å². The van der Waals surface area contributed by atoms with Crippen molar-refractivity contribution >= 4 is 5.97 Å². The molecule has 0 aromatic rings. The van der Waals surface area contributed by atoms with Crippen molar-refractivity contribution in [2.45, 2.75) is 31.3 Å². The van der Waals surface area contributed by atoms with Crippen molar-refractivity contribution in [1.82, 2.24) is 9.80 Å². The van der Waals surface area contributed by atoms with Crippen molar-refractivity contribution in [3.8, 4) is 0 Å².